The summed E-state index contributed by atoms with van der Waals surface area (Å²) in [6.45, 7) is 2.24. The van der Waals surface area contributed by atoms with Gasteiger partial charge >= 0.3 is 0 Å². The summed E-state index contributed by atoms with van der Waals surface area (Å²) in [5.74, 6) is 0.999. The molecule has 0 saturated carbocycles. The lowest BCUT2D eigenvalue weighted by Gasteiger charge is -2.04. The second-order valence-electron chi connectivity index (χ2n) is 6.92. The molecule has 0 aliphatic heterocycles. The summed E-state index contributed by atoms with van der Waals surface area (Å²) in [5.41, 5.74) is 1.64. The van der Waals surface area contributed by atoms with Gasteiger partial charge in [-0.1, -0.05) is 56.9 Å². The third-order valence-corrected chi connectivity index (χ3v) is 5.39. The maximum atomic E-state index is 12.0. The number of hydrogen-bond donors (Lipinski definition) is 2. The number of hydrogen-bond acceptors (Lipinski definition) is 3. The third-order valence-electron chi connectivity index (χ3n) is 4.43. The molecule has 4 heteroatoms. The molecule has 0 heterocycles. The van der Waals surface area contributed by atoms with Crippen LogP contribution in [0.1, 0.15) is 51.0 Å². The Hall–Kier alpha value is -2.46. The van der Waals surface area contributed by atoms with Crippen LogP contribution < -0.4 is 5.32 Å². The number of phenolic OH excluding ortho intramolecular Hbond substituents is 1. The minimum absolute atomic E-state index is 0.180. The van der Waals surface area contributed by atoms with Crippen LogP contribution in [-0.4, -0.2) is 16.8 Å². The van der Waals surface area contributed by atoms with Gasteiger partial charge in [0, 0.05) is 22.4 Å². The molecular weight excluding hydrogens is 378 g/mol. The summed E-state index contributed by atoms with van der Waals surface area (Å²) in [4.78, 5) is 13.2. The smallest absolute Gasteiger partial charge is 0.248 e. The molecule has 154 valence electrons. The van der Waals surface area contributed by atoms with Gasteiger partial charge in [0.05, 0.1) is 0 Å². The van der Waals surface area contributed by atoms with E-state index in [1.54, 1.807) is 42.1 Å². The topological polar surface area (TPSA) is 49.3 Å². The number of benzene rings is 2. The van der Waals surface area contributed by atoms with E-state index in [1.165, 1.54) is 49.5 Å². The predicted octanol–water partition coefficient (Wildman–Crippen LogP) is 7.05. The maximum Gasteiger partial charge on any atom is 0.248 e. The van der Waals surface area contributed by atoms with Gasteiger partial charge in [0.2, 0.25) is 5.91 Å². The lowest BCUT2D eigenvalue weighted by atomic mass is 10.1. The Bertz CT molecular complexity index is 779. The Morgan fingerprint density at radius 3 is 2.41 bits per heavy atom. The number of unbranched alkanes of at least 4 members (excludes halogenated alkanes) is 5. The first kappa shape index (κ1) is 22.8. The number of phenols is 1. The monoisotopic (exact) mass is 409 g/mol. The van der Waals surface area contributed by atoms with Crippen LogP contribution in [0.4, 0.5) is 5.69 Å². The van der Waals surface area contributed by atoms with Crippen LogP contribution in [0.5, 0.6) is 5.75 Å². The van der Waals surface area contributed by atoms with Crippen molar-refractivity contribution in [1.82, 2.24) is 0 Å². The molecule has 0 unspecified atom stereocenters. The van der Waals surface area contributed by atoms with Gasteiger partial charge in [0.1, 0.15) is 5.75 Å². The van der Waals surface area contributed by atoms with Gasteiger partial charge in [-0.3, -0.25) is 4.79 Å². The molecule has 0 bridgehead atoms. The van der Waals surface area contributed by atoms with Crippen LogP contribution in [-0.2, 0) is 4.79 Å². The Morgan fingerprint density at radius 2 is 1.69 bits per heavy atom. The van der Waals surface area contributed by atoms with E-state index in [-0.39, 0.29) is 11.7 Å². The van der Waals surface area contributed by atoms with E-state index in [2.05, 4.69) is 24.4 Å². The predicted molar refractivity (Wildman–Crippen MR) is 125 cm³/mol. The number of amides is 1. The number of rotatable bonds is 12. The van der Waals surface area contributed by atoms with E-state index in [0.29, 0.717) is 0 Å². The molecule has 0 aromatic heterocycles. The van der Waals surface area contributed by atoms with Crippen LogP contribution in [0.3, 0.4) is 0 Å². The van der Waals surface area contributed by atoms with Crippen molar-refractivity contribution >= 4 is 29.4 Å². The summed E-state index contributed by atoms with van der Waals surface area (Å²) < 4.78 is 0. The molecular formula is C25H31NO2S. The number of nitrogens with one attached hydrogen (secondary N) is 1. The molecule has 29 heavy (non-hydrogen) atoms. The highest BCUT2D eigenvalue weighted by Crippen LogP contribution is 2.20. The van der Waals surface area contributed by atoms with Gasteiger partial charge < -0.3 is 10.4 Å². The molecule has 0 radical (unpaired) electrons. The second-order valence-corrected chi connectivity index (χ2v) is 8.02. The zero-order valence-electron chi connectivity index (χ0n) is 17.1. The minimum atomic E-state index is -0.180. The summed E-state index contributed by atoms with van der Waals surface area (Å²) in [5, 5.41) is 12.1. The first-order valence-corrected chi connectivity index (χ1v) is 11.3. The van der Waals surface area contributed by atoms with Crippen molar-refractivity contribution < 1.29 is 9.90 Å². The average Bonchev–Trinajstić information content (AvgIpc) is 2.73. The van der Waals surface area contributed by atoms with Gasteiger partial charge in [-0.05, 0) is 60.9 Å². The fourth-order valence-corrected chi connectivity index (χ4v) is 3.53. The first-order chi connectivity index (χ1) is 14.2. The molecule has 0 atom stereocenters. The van der Waals surface area contributed by atoms with Gasteiger partial charge in [-0.25, -0.2) is 0 Å². The maximum absolute atomic E-state index is 12.0. The lowest BCUT2D eigenvalue weighted by Crippen LogP contribution is -2.07. The number of allylic oxidation sites excluding steroid dienone is 1. The van der Waals surface area contributed by atoms with Crippen LogP contribution >= 0.6 is 11.8 Å². The van der Waals surface area contributed by atoms with E-state index in [9.17, 15) is 9.90 Å². The van der Waals surface area contributed by atoms with Crippen molar-refractivity contribution in [2.45, 2.75) is 50.3 Å². The van der Waals surface area contributed by atoms with E-state index in [1.807, 2.05) is 24.3 Å². The van der Waals surface area contributed by atoms with Crippen molar-refractivity contribution in [1.29, 1.82) is 0 Å². The fraction of sp³-hybridized carbons (Fsp3) is 0.320. The zero-order valence-corrected chi connectivity index (χ0v) is 18.0. The van der Waals surface area contributed by atoms with Crippen molar-refractivity contribution in [3.05, 3.63) is 72.3 Å². The van der Waals surface area contributed by atoms with Gasteiger partial charge in [-0.15, -0.1) is 11.8 Å². The molecule has 0 aliphatic carbocycles. The molecule has 0 fully saturated rings. The molecule has 2 N–H and O–H groups in total. The van der Waals surface area contributed by atoms with Crippen LogP contribution in [0.15, 0.2) is 71.7 Å². The molecule has 0 spiro atoms. The summed E-state index contributed by atoms with van der Waals surface area (Å²) in [6, 6.07) is 14.6. The van der Waals surface area contributed by atoms with Crippen molar-refractivity contribution in [3.8, 4) is 5.75 Å². The molecule has 2 aromatic rings. The average molecular weight is 410 g/mol. The van der Waals surface area contributed by atoms with E-state index < -0.39 is 0 Å². The number of aromatic hydroxyl groups is 1. The fourth-order valence-electron chi connectivity index (χ4n) is 2.77. The Labute approximate surface area is 178 Å². The van der Waals surface area contributed by atoms with Gasteiger partial charge in [-0.2, -0.15) is 0 Å². The normalized spacial score (nSPS) is 11.3. The number of carbonyl (C=O) groups is 1. The highest BCUT2D eigenvalue weighted by molar-refractivity contribution is 7.99. The standard InChI is InChI=1S/C25H31NO2S/c1-2-3-4-5-6-7-8-9-20-29-24-17-13-22(14-18-24)26-25(28)19-12-21-10-15-23(27)16-11-21/h8-19,27H,2-7,20H2,1H3,(H,26,28). The van der Waals surface area contributed by atoms with E-state index in [4.69, 9.17) is 0 Å². The molecule has 2 aromatic carbocycles. The van der Waals surface area contributed by atoms with Crippen molar-refractivity contribution in [2.75, 3.05) is 11.1 Å². The SMILES string of the molecule is CCCCCCCC=CCSc1ccc(NC(=O)C=Cc2ccc(O)cc2)cc1. The largest absolute Gasteiger partial charge is 0.508 e. The third kappa shape index (κ3) is 10.0. The van der Waals surface area contributed by atoms with Crippen LogP contribution in [0.2, 0.25) is 0 Å². The molecule has 1 amide bonds. The lowest BCUT2D eigenvalue weighted by molar-refractivity contribution is -0.111. The molecule has 0 aliphatic rings. The number of carbonyl (C=O) groups excluding carboxylic acids is 1. The number of anilines is 1. The van der Waals surface area contributed by atoms with E-state index in [0.717, 1.165) is 17.0 Å². The van der Waals surface area contributed by atoms with E-state index >= 15 is 0 Å². The summed E-state index contributed by atoms with van der Waals surface area (Å²) in [6.07, 6.45) is 15.5. The Morgan fingerprint density at radius 1 is 0.966 bits per heavy atom. The quantitative estimate of drug-likeness (QED) is 0.171. The van der Waals surface area contributed by atoms with Crippen LogP contribution in [0.25, 0.3) is 6.08 Å². The van der Waals surface area contributed by atoms with Crippen LogP contribution in [0, 0.1) is 0 Å². The summed E-state index contributed by atoms with van der Waals surface area (Å²) >= 11 is 1.79. The minimum Gasteiger partial charge on any atom is -0.508 e. The zero-order chi connectivity index (χ0) is 20.7. The Balaban J connectivity index is 1.67. The first-order valence-electron chi connectivity index (χ1n) is 10.3. The molecule has 2 rings (SSSR count). The number of thioether (sulfide) groups is 1. The summed E-state index contributed by atoms with van der Waals surface area (Å²) in [7, 11) is 0. The van der Waals surface area contributed by atoms with Crippen molar-refractivity contribution in [2.24, 2.45) is 0 Å². The Kier molecular flexibility index (Phi) is 10.8. The molecule has 3 nitrogen and oxygen atoms in total. The highest BCUT2D eigenvalue weighted by atomic mass is 32.2. The second kappa shape index (κ2) is 13.7. The molecule has 0 saturated heterocycles. The highest BCUT2D eigenvalue weighted by Gasteiger charge is 1.99. The van der Waals surface area contributed by atoms with Crippen molar-refractivity contribution in [3.63, 3.8) is 0 Å². The van der Waals surface area contributed by atoms with Gasteiger partial charge in [0.25, 0.3) is 0 Å². The van der Waals surface area contributed by atoms with Gasteiger partial charge in [0.15, 0.2) is 0 Å².